The van der Waals surface area contributed by atoms with Crippen molar-refractivity contribution in [3.05, 3.63) is 136 Å². The third-order valence-electron chi connectivity index (χ3n) is 16.4. The Morgan fingerprint density at radius 3 is 2.47 bits per heavy atom. The molecule has 8 atom stereocenters. The van der Waals surface area contributed by atoms with Crippen molar-refractivity contribution < 1.29 is 0 Å². The highest BCUT2D eigenvalue weighted by Gasteiger charge is 2.53. The number of allylic oxidation sites excluding steroid dienone is 14. The van der Waals surface area contributed by atoms with Crippen LogP contribution >= 0.6 is 0 Å². The molecule has 2 heteroatoms. The average Bonchev–Trinajstić information content (AvgIpc) is 3.63. The smallest absolute Gasteiger partial charge is 0.0560 e. The summed E-state index contributed by atoms with van der Waals surface area (Å²) in [5.41, 5.74) is 14.4. The van der Waals surface area contributed by atoms with Gasteiger partial charge in [-0.1, -0.05) is 101 Å². The van der Waals surface area contributed by atoms with Crippen LogP contribution in [-0.4, -0.2) is 17.0 Å². The lowest BCUT2D eigenvalue weighted by molar-refractivity contribution is 0.102. The Labute approximate surface area is 333 Å². The van der Waals surface area contributed by atoms with Gasteiger partial charge in [0.15, 0.2) is 0 Å². The molecule has 2 nitrogen and oxygen atoms in total. The number of hydrogen-bond acceptors (Lipinski definition) is 2. The maximum absolute atomic E-state index is 2.94. The summed E-state index contributed by atoms with van der Waals surface area (Å²) in [6, 6.07) is 8.62. The number of anilines is 1. The molecule has 8 aliphatic carbocycles. The zero-order valence-corrected chi connectivity index (χ0v) is 34.4. The summed E-state index contributed by atoms with van der Waals surface area (Å²) < 4.78 is 0. The Bertz CT molecular complexity index is 1990. The number of fused-ring (bicyclic) bond motifs is 5. The van der Waals surface area contributed by atoms with E-state index in [2.05, 4.69) is 129 Å². The van der Waals surface area contributed by atoms with Gasteiger partial charge in [-0.05, 0) is 178 Å². The first-order valence-corrected chi connectivity index (χ1v) is 22.8. The van der Waals surface area contributed by atoms with Gasteiger partial charge in [0.1, 0.15) is 0 Å². The van der Waals surface area contributed by atoms with Crippen LogP contribution in [0.1, 0.15) is 142 Å². The fourth-order valence-electron chi connectivity index (χ4n) is 13.7. The third-order valence-corrected chi connectivity index (χ3v) is 16.4. The monoisotopic (exact) mass is 731 g/mol. The summed E-state index contributed by atoms with van der Waals surface area (Å²) in [6.07, 6.45) is 50.4. The van der Waals surface area contributed by atoms with E-state index in [1.807, 2.05) is 5.57 Å². The molecule has 7 unspecified atom stereocenters. The molecule has 0 spiro atoms. The molecule has 1 saturated carbocycles. The predicted octanol–water partition coefficient (Wildman–Crippen LogP) is 13.6. The first kappa shape index (κ1) is 35.9. The van der Waals surface area contributed by atoms with Crippen molar-refractivity contribution in [1.82, 2.24) is 4.90 Å². The molecule has 1 aliphatic heterocycles. The normalized spacial score (nSPS) is 36.0. The van der Waals surface area contributed by atoms with Crippen LogP contribution in [0.3, 0.4) is 0 Å². The first-order chi connectivity index (χ1) is 26.8. The van der Waals surface area contributed by atoms with Gasteiger partial charge < -0.3 is 9.80 Å². The minimum atomic E-state index is 0.135. The van der Waals surface area contributed by atoms with Gasteiger partial charge in [0.2, 0.25) is 0 Å². The Balaban J connectivity index is 0.938. The van der Waals surface area contributed by atoms with Crippen LogP contribution in [-0.2, 0) is 10.8 Å². The van der Waals surface area contributed by atoms with E-state index in [1.54, 1.807) is 22.5 Å². The molecule has 1 fully saturated rings. The second-order valence-corrected chi connectivity index (χ2v) is 19.8. The van der Waals surface area contributed by atoms with Gasteiger partial charge >= 0.3 is 0 Å². The van der Waals surface area contributed by atoms with Crippen LogP contribution in [0.5, 0.6) is 0 Å². The molecule has 1 aromatic rings. The number of rotatable bonds is 6. The Morgan fingerprint density at radius 1 is 0.800 bits per heavy atom. The molecule has 0 bridgehead atoms. The highest BCUT2D eigenvalue weighted by atomic mass is 15.2. The molecule has 288 valence electrons. The van der Waals surface area contributed by atoms with E-state index in [9.17, 15) is 0 Å². The largest absolute Gasteiger partial charge is 0.345 e. The lowest BCUT2D eigenvalue weighted by Crippen LogP contribution is -2.43. The van der Waals surface area contributed by atoms with Crippen LogP contribution in [0.25, 0.3) is 0 Å². The molecule has 1 heterocycles. The van der Waals surface area contributed by atoms with Crippen LogP contribution in [0, 0.1) is 29.6 Å². The van der Waals surface area contributed by atoms with E-state index in [0.717, 1.165) is 49.5 Å². The summed E-state index contributed by atoms with van der Waals surface area (Å²) in [5.74, 6) is 3.57. The molecule has 0 amide bonds. The predicted molar refractivity (Wildman–Crippen MR) is 232 cm³/mol. The highest BCUT2D eigenvalue weighted by molar-refractivity contribution is 5.65. The summed E-state index contributed by atoms with van der Waals surface area (Å²) in [7, 11) is 0. The topological polar surface area (TPSA) is 6.48 Å². The Morgan fingerprint density at radius 2 is 1.69 bits per heavy atom. The van der Waals surface area contributed by atoms with E-state index in [4.69, 9.17) is 0 Å². The van der Waals surface area contributed by atoms with Crippen molar-refractivity contribution in [2.75, 3.05) is 4.90 Å². The molecule has 0 radical (unpaired) electrons. The Kier molecular flexibility index (Phi) is 9.22. The summed E-state index contributed by atoms with van der Waals surface area (Å²) in [5, 5.41) is 0. The zero-order valence-electron chi connectivity index (χ0n) is 34.4. The average molecular weight is 731 g/mol. The van der Waals surface area contributed by atoms with Crippen molar-refractivity contribution in [3.63, 3.8) is 0 Å². The Hall–Kier alpha value is -3.52. The van der Waals surface area contributed by atoms with Crippen molar-refractivity contribution in [2.24, 2.45) is 29.6 Å². The lowest BCUT2D eigenvalue weighted by atomic mass is 9.64. The second-order valence-electron chi connectivity index (χ2n) is 19.8. The molecule has 55 heavy (non-hydrogen) atoms. The lowest BCUT2D eigenvalue weighted by Gasteiger charge is -2.45. The molecule has 9 aliphatic rings. The van der Waals surface area contributed by atoms with E-state index >= 15 is 0 Å². The van der Waals surface area contributed by atoms with Crippen molar-refractivity contribution >= 4 is 5.69 Å². The molecule has 10 rings (SSSR count). The fourth-order valence-corrected chi connectivity index (χ4v) is 13.7. The van der Waals surface area contributed by atoms with Gasteiger partial charge in [0, 0.05) is 40.2 Å². The third kappa shape index (κ3) is 6.01. The van der Waals surface area contributed by atoms with Crippen molar-refractivity contribution in [2.45, 2.75) is 153 Å². The molecule has 0 aromatic heterocycles. The summed E-state index contributed by atoms with van der Waals surface area (Å²) >= 11 is 0. The zero-order chi connectivity index (χ0) is 37.3. The van der Waals surface area contributed by atoms with Gasteiger partial charge in [-0.25, -0.2) is 0 Å². The molecular formula is C53H66N2. The fraction of sp³-hybridized carbons (Fsp3) is 0.547. The molecule has 0 saturated heterocycles. The summed E-state index contributed by atoms with van der Waals surface area (Å²) in [4.78, 5) is 5.66. The van der Waals surface area contributed by atoms with Crippen LogP contribution < -0.4 is 4.90 Å². The first-order valence-electron chi connectivity index (χ1n) is 22.8. The van der Waals surface area contributed by atoms with E-state index in [0.29, 0.717) is 17.9 Å². The van der Waals surface area contributed by atoms with Gasteiger partial charge in [-0.15, -0.1) is 0 Å². The van der Waals surface area contributed by atoms with Gasteiger partial charge in [-0.2, -0.15) is 0 Å². The quantitative estimate of drug-likeness (QED) is 0.269. The van der Waals surface area contributed by atoms with E-state index in [1.165, 1.54) is 99.6 Å². The van der Waals surface area contributed by atoms with Crippen LogP contribution in [0.2, 0.25) is 0 Å². The number of hydrogen-bond donors (Lipinski definition) is 0. The maximum Gasteiger partial charge on any atom is 0.0560 e. The molecule has 1 aromatic carbocycles. The number of nitrogens with zero attached hydrogens (tertiary/aromatic N) is 2. The minimum Gasteiger partial charge on any atom is -0.345 e. The van der Waals surface area contributed by atoms with Crippen molar-refractivity contribution in [1.29, 1.82) is 0 Å². The standard InChI is InChI=1S/C53H66N2/c1-36-33-50-46(44-19-11-12-20-49(44)55(50)40-17-9-6-10-18-40)35-45(36)39-24-28-42(29-25-39)54(41-26-22-38(23-27-41)37-15-7-5-8-16-37)43-30-31-47-48(34-43)52(2,3)51-21-13-14-32-53(47,51)4/h5,7,14-15,17,22-24,26,28-32,34,36,39,41,45-46,50-51H,6,8-13,16,18-21,25,27,33,35H2,1-4H3/t36?,39?,41?,45?,46?,50-,51?,53?/m0/s1. The maximum atomic E-state index is 2.94. The minimum absolute atomic E-state index is 0.135. The van der Waals surface area contributed by atoms with Crippen molar-refractivity contribution in [3.8, 4) is 0 Å². The van der Waals surface area contributed by atoms with Gasteiger partial charge in [-0.3, -0.25) is 0 Å². The SMILES string of the molecule is CC1C[C@H]2C(CC1C1C=CC(N(c3ccc4c(c3)C(C)(C)C3CCC=CC43C)C3C=CC(C4=CC=CCC4)=CC3)=CC1)C1=C(CCCC1)N2C1=CCCCC1. The van der Waals surface area contributed by atoms with Gasteiger partial charge in [0.25, 0.3) is 0 Å². The van der Waals surface area contributed by atoms with Gasteiger partial charge in [0.05, 0.1) is 6.04 Å². The van der Waals surface area contributed by atoms with E-state index < -0.39 is 0 Å². The highest BCUT2D eigenvalue weighted by Crippen LogP contribution is 2.59. The molecular weight excluding hydrogens is 665 g/mol. The molecule has 0 N–H and O–H groups in total. The van der Waals surface area contributed by atoms with Crippen LogP contribution in [0.15, 0.2) is 125 Å². The summed E-state index contributed by atoms with van der Waals surface area (Å²) in [6.45, 7) is 10.2. The van der Waals surface area contributed by atoms with E-state index in [-0.39, 0.29) is 10.8 Å². The van der Waals surface area contributed by atoms with Crippen LogP contribution in [0.4, 0.5) is 5.69 Å². The number of benzene rings is 1. The second kappa shape index (κ2) is 14.1.